The van der Waals surface area contributed by atoms with Crippen LogP contribution in [0.15, 0.2) is 54.7 Å². The van der Waals surface area contributed by atoms with Gasteiger partial charge in [0.15, 0.2) is 0 Å². The molecule has 0 fully saturated rings. The van der Waals surface area contributed by atoms with E-state index in [1.807, 2.05) is 0 Å². The fourth-order valence-electron chi connectivity index (χ4n) is 2.95. The number of nitrogens with one attached hydrogen (secondary N) is 2. The summed E-state index contributed by atoms with van der Waals surface area (Å²) in [6.07, 6.45) is -4.58. The van der Waals surface area contributed by atoms with E-state index in [9.17, 15) is 22.5 Å². The van der Waals surface area contributed by atoms with Gasteiger partial charge in [0.2, 0.25) is 5.95 Å². The van der Waals surface area contributed by atoms with E-state index >= 15 is 0 Å². The number of halogens is 3. The van der Waals surface area contributed by atoms with Crippen molar-refractivity contribution in [3.05, 3.63) is 71.4 Å². The molecule has 3 rings (SSSR count). The van der Waals surface area contributed by atoms with Crippen molar-refractivity contribution in [3.8, 4) is 0 Å². The van der Waals surface area contributed by atoms with Crippen molar-refractivity contribution in [1.82, 2.24) is 14.9 Å². The quantitative estimate of drug-likeness (QED) is 0.356. The zero-order valence-corrected chi connectivity index (χ0v) is 18.9. The van der Waals surface area contributed by atoms with Crippen molar-refractivity contribution in [1.29, 1.82) is 0 Å². The average Bonchev–Trinajstić information content (AvgIpc) is 2.73. The summed E-state index contributed by atoms with van der Waals surface area (Å²) in [5, 5.41) is 5.35. The van der Waals surface area contributed by atoms with Crippen LogP contribution in [0.3, 0.4) is 0 Å². The lowest BCUT2D eigenvalue weighted by atomic mass is 10.1. The van der Waals surface area contributed by atoms with E-state index in [2.05, 4.69) is 20.6 Å². The smallest absolute Gasteiger partial charge is 0.345 e. The molecular formula is C21H21F3N5O4P. The van der Waals surface area contributed by atoms with Crippen LogP contribution in [0.1, 0.15) is 21.5 Å². The Morgan fingerprint density at radius 1 is 1.06 bits per heavy atom. The molecule has 0 bridgehead atoms. The van der Waals surface area contributed by atoms with Crippen LogP contribution in [0.2, 0.25) is 0 Å². The highest BCUT2D eigenvalue weighted by Gasteiger charge is 2.35. The number of para-hydroxylation sites is 1. The molecule has 0 aliphatic rings. The van der Waals surface area contributed by atoms with Gasteiger partial charge in [0.25, 0.3) is 5.91 Å². The minimum Gasteiger partial charge on any atom is -0.345 e. The first-order valence-corrected chi connectivity index (χ1v) is 11.6. The topological polar surface area (TPSA) is 128 Å². The molecule has 3 aromatic rings. The number of hydrogen-bond acceptors (Lipinski definition) is 6. The van der Waals surface area contributed by atoms with Crippen LogP contribution in [0, 0.1) is 0 Å². The fourth-order valence-corrected chi connectivity index (χ4v) is 3.64. The second-order valence-electron chi connectivity index (χ2n) is 7.47. The lowest BCUT2D eigenvalue weighted by Crippen LogP contribution is -2.23. The third-order valence-corrected chi connectivity index (χ3v) is 5.29. The van der Waals surface area contributed by atoms with Gasteiger partial charge in [-0.3, -0.25) is 9.36 Å². The maximum absolute atomic E-state index is 13.6. The van der Waals surface area contributed by atoms with Gasteiger partial charge < -0.3 is 25.3 Å². The van der Waals surface area contributed by atoms with Crippen molar-refractivity contribution in [2.24, 2.45) is 0 Å². The van der Waals surface area contributed by atoms with Gasteiger partial charge in [-0.05, 0) is 29.8 Å². The zero-order valence-electron chi connectivity index (χ0n) is 18.0. The third-order valence-electron chi connectivity index (χ3n) is 4.51. The van der Waals surface area contributed by atoms with Crippen LogP contribution in [0.25, 0.3) is 0 Å². The predicted molar refractivity (Wildman–Crippen MR) is 120 cm³/mol. The molecule has 0 radical (unpaired) electrons. The predicted octanol–water partition coefficient (Wildman–Crippen LogP) is 4.36. The Hall–Kier alpha value is -3.47. The summed E-state index contributed by atoms with van der Waals surface area (Å²) in [4.78, 5) is 39.5. The third kappa shape index (κ3) is 6.53. The summed E-state index contributed by atoms with van der Waals surface area (Å²) < 4.78 is 51.9. The van der Waals surface area contributed by atoms with E-state index in [0.29, 0.717) is 17.4 Å². The fraction of sp³-hybridized carbons (Fsp3) is 0.190. The normalized spacial score (nSPS) is 11.7. The van der Waals surface area contributed by atoms with Crippen LogP contribution in [-0.4, -0.2) is 44.7 Å². The second-order valence-corrected chi connectivity index (χ2v) is 9.11. The van der Waals surface area contributed by atoms with Crippen LogP contribution in [-0.2, 0) is 16.9 Å². The average molecular weight is 495 g/mol. The molecule has 0 aliphatic carbocycles. The van der Waals surface area contributed by atoms with Gasteiger partial charge in [0.05, 0.1) is 17.4 Å². The molecule has 1 amide bonds. The van der Waals surface area contributed by atoms with Gasteiger partial charge in [-0.1, -0.05) is 24.3 Å². The minimum absolute atomic E-state index is 0.137. The van der Waals surface area contributed by atoms with Crippen molar-refractivity contribution in [2.45, 2.75) is 12.3 Å². The van der Waals surface area contributed by atoms with Crippen molar-refractivity contribution in [2.75, 3.05) is 24.7 Å². The number of amides is 1. The van der Waals surface area contributed by atoms with E-state index in [4.69, 9.17) is 9.79 Å². The van der Waals surface area contributed by atoms with Gasteiger partial charge in [-0.25, -0.2) is 4.98 Å². The molecule has 2 aromatic carbocycles. The van der Waals surface area contributed by atoms with Crippen LogP contribution in [0.5, 0.6) is 0 Å². The van der Waals surface area contributed by atoms with Gasteiger partial charge in [0, 0.05) is 26.0 Å². The number of aromatic nitrogens is 2. The molecule has 1 heterocycles. The highest BCUT2D eigenvalue weighted by atomic mass is 31.2. The summed E-state index contributed by atoms with van der Waals surface area (Å²) in [6.45, 7) is 0. The van der Waals surface area contributed by atoms with Crippen LogP contribution < -0.4 is 10.6 Å². The molecule has 1 aromatic heterocycles. The van der Waals surface area contributed by atoms with Crippen molar-refractivity contribution in [3.63, 3.8) is 0 Å². The lowest BCUT2D eigenvalue weighted by molar-refractivity contribution is -0.137. The number of carbonyl (C=O) groups excluding carboxylic acids is 1. The summed E-state index contributed by atoms with van der Waals surface area (Å²) in [6, 6.07) is 12.0. The number of anilines is 4. The number of rotatable bonds is 7. The molecule has 13 heteroatoms. The van der Waals surface area contributed by atoms with Crippen LogP contribution >= 0.6 is 7.60 Å². The Morgan fingerprint density at radius 2 is 1.71 bits per heavy atom. The SMILES string of the molecule is CN(C)C(=O)c1ccccc1Nc1nc(Nc2ccc(CP(=O)(O)O)cc2)ncc1C(F)(F)F. The Bertz CT molecular complexity index is 1230. The first kappa shape index (κ1) is 25.2. The highest BCUT2D eigenvalue weighted by molar-refractivity contribution is 7.50. The molecule has 4 N–H and O–H groups in total. The summed E-state index contributed by atoms with van der Waals surface area (Å²) in [5.41, 5.74) is -0.0465. The minimum atomic E-state index is -4.76. The van der Waals surface area contributed by atoms with E-state index in [1.165, 1.54) is 55.4 Å². The van der Waals surface area contributed by atoms with Crippen molar-refractivity contribution >= 4 is 36.6 Å². The maximum Gasteiger partial charge on any atom is 0.421 e. The van der Waals surface area contributed by atoms with Gasteiger partial charge in [-0.15, -0.1) is 0 Å². The van der Waals surface area contributed by atoms with Gasteiger partial charge in [-0.2, -0.15) is 18.2 Å². The number of hydrogen-bond donors (Lipinski definition) is 4. The molecule has 0 aliphatic heterocycles. The Balaban J connectivity index is 1.93. The molecule has 180 valence electrons. The molecule has 0 spiro atoms. The zero-order chi connectivity index (χ0) is 25.1. The second kappa shape index (κ2) is 9.80. The standard InChI is InChI=1S/C21H21F3N5O4P/c1-29(2)19(30)15-5-3-4-6-17(15)27-18-16(21(22,23)24)11-25-20(28-18)26-14-9-7-13(8-10-14)12-34(31,32)33/h3-11H,12H2,1-2H3,(H2,31,32,33)(H2,25,26,27,28). The first-order valence-electron chi connectivity index (χ1n) is 9.76. The van der Waals surface area contributed by atoms with E-state index in [1.54, 1.807) is 12.1 Å². The summed E-state index contributed by atoms with van der Waals surface area (Å²) in [7, 11) is -1.18. The van der Waals surface area contributed by atoms with E-state index in [-0.39, 0.29) is 17.2 Å². The molecule has 0 saturated carbocycles. The molecular weight excluding hydrogens is 474 g/mol. The largest absolute Gasteiger partial charge is 0.421 e. The van der Waals surface area contributed by atoms with Crippen LogP contribution in [0.4, 0.5) is 36.3 Å². The summed E-state index contributed by atoms with van der Waals surface area (Å²) in [5.74, 6) is -1.11. The van der Waals surface area contributed by atoms with Gasteiger partial charge in [0.1, 0.15) is 11.4 Å². The van der Waals surface area contributed by atoms with Crippen molar-refractivity contribution < 1.29 is 32.3 Å². The number of benzene rings is 2. The van der Waals surface area contributed by atoms with E-state index in [0.717, 1.165) is 0 Å². The number of alkyl halides is 3. The molecule has 0 saturated heterocycles. The first-order chi connectivity index (χ1) is 15.8. The molecule has 34 heavy (non-hydrogen) atoms. The lowest BCUT2D eigenvalue weighted by Gasteiger charge is -2.18. The Morgan fingerprint density at radius 3 is 2.29 bits per heavy atom. The summed E-state index contributed by atoms with van der Waals surface area (Å²) >= 11 is 0. The van der Waals surface area contributed by atoms with Gasteiger partial charge >= 0.3 is 13.8 Å². The molecule has 0 atom stereocenters. The Labute approximate surface area is 192 Å². The highest BCUT2D eigenvalue weighted by Crippen LogP contribution is 2.39. The number of nitrogens with zero attached hydrogens (tertiary/aromatic N) is 3. The molecule has 0 unspecified atom stereocenters. The monoisotopic (exact) mass is 495 g/mol. The molecule has 9 nitrogen and oxygen atoms in total. The number of carbonyl (C=O) groups is 1. The maximum atomic E-state index is 13.6. The Kier molecular flexibility index (Phi) is 7.25. The van der Waals surface area contributed by atoms with E-state index < -0.39 is 37.2 Å².